The zero-order valence-corrected chi connectivity index (χ0v) is 19.9. The minimum atomic E-state index is -0.398. The molecule has 5 rings (SSSR count). The van der Waals surface area contributed by atoms with E-state index in [1.807, 2.05) is 18.2 Å². The minimum absolute atomic E-state index is 0.0337. The Morgan fingerprint density at radius 2 is 1.94 bits per heavy atom. The van der Waals surface area contributed by atoms with E-state index in [4.69, 9.17) is 26.1 Å². The third-order valence-electron chi connectivity index (χ3n) is 5.94. The van der Waals surface area contributed by atoms with Gasteiger partial charge in [0.1, 0.15) is 11.3 Å². The van der Waals surface area contributed by atoms with E-state index in [9.17, 15) is 9.90 Å². The third kappa shape index (κ3) is 4.63. The van der Waals surface area contributed by atoms with Crippen LogP contribution in [0.5, 0.6) is 17.2 Å². The Labute approximate surface area is 206 Å². The van der Waals surface area contributed by atoms with Gasteiger partial charge in [-0.25, -0.2) is 4.98 Å². The highest BCUT2D eigenvalue weighted by Gasteiger charge is 2.18. The summed E-state index contributed by atoms with van der Waals surface area (Å²) in [5.41, 5.74) is 3.92. The maximum atomic E-state index is 12.5. The Kier molecular flexibility index (Phi) is 6.00. The standard InChI is InChI=1S/C26H23N3O5S/c1-3-14(2)15-4-8-21-19(10-15)28-25(34-21)18-7-6-17(12-20(18)30)27-26(35)29-24(31)16-5-9-22-23(11-16)33-13-32-22/h4-12,14,30H,3,13H2,1-2H3,(H2,27,29,31,35)/t14-/m1/s1. The number of hydrogen-bond acceptors (Lipinski definition) is 7. The second-order valence-corrected chi connectivity index (χ2v) is 8.67. The Bertz CT molecular complexity index is 1450. The number of nitrogens with one attached hydrogen (secondary N) is 2. The van der Waals surface area contributed by atoms with Crippen LogP contribution in [-0.4, -0.2) is 27.9 Å². The average molecular weight is 490 g/mol. The average Bonchev–Trinajstić information content (AvgIpc) is 3.49. The molecule has 0 saturated heterocycles. The topological polar surface area (TPSA) is 106 Å². The van der Waals surface area contributed by atoms with Crippen molar-refractivity contribution < 1.29 is 23.8 Å². The van der Waals surface area contributed by atoms with Gasteiger partial charge in [0.15, 0.2) is 22.2 Å². The van der Waals surface area contributed by atoms with Crippen molar-refractivity contribution in [3.8, 4) is 28.7 Å². The van der Waals surface area contributed by atoms with Gasteiger partial charge in [-0.2, -0.15) is 0 Å². The number of benzene rings is 3. The van der Waals surface area contributed by atoms with Crippen LogP contribution < -0.4 is 20.1 Å². The maximum Gasteiger partial charge on any atom is 0.257 e. The van der Waals surface area contributed by atoms with Crippen molar-refractivity contribution in [3.63, 3.8) is 0 Å². The lowest BCUT2D eigenvalue weighted by Crippen LogP contribution is -2.34. The van der Waals surface area contributed by atoms with E-state index in [0.717, 1.165) is 11.9 Å². The number of ether oxygens (including phenoxy) is 2. The first-order valence-electron chi connectivity index (χ1n) is 11.2. The van der Waals surface area contributed by atoms with Crippen LogP contribution >= 0.6 is 12.2 Å². The van der Waals surface area contributed by atoms with Crippen LogP contribution in [0.2, 0.25) is 0 Å². The van der Waals surface area contributed by atoms with E-state index in [-0.39, 0.29) is 17.7 Å². The van der Waals surface area contributed by atoms with E-state index in [2.05, 4.69) is 29.5 Å². The second kappa shape index (κ2) is 9.27. The molecular formula is C26H23N3O5S. The van der Waals surface area contributed by atoms with E-state index < -0.39 is 5.91 Å². The lowest BCUT2D eigenvalue weighted by atomic mass is 9.98. The number of phenolic OH excluding ortho intramolecular Hbond substituents is 1. The Balaban J connectivity index is 1.28. The van der Waals surface area contributed by atoms with Crippen LogP contribution in [0, 0.1) is 0 Å². The molecule has 1 amide bonds. The molecule has 0 spiro atoms. The number of hydrogen-bond donors (Lipinski definition) is 3. The number of anilines is 1. The number of aromatic nitrogens is 1. The highest BCUT2D eigenvalue weighted by atomic mass is 32.1. The number of aromatic hydroxyl groups is 1. The van der Waals surface area contributed by atoms with Gasteiger partial charge < -0.3 is 24.3 Å². The second-order valence-electron chi connectivity index (χ2n) is 8.26. The lowest BCUT2D eigenvalue weighted by Gasteiger charge is -2.11. The molecule has 1 aliphatic rings. The molecule has 178 valence electrons. The molecule has 0 fully saturated rings. The molecule has 1 aliphatic heterocycles. The normalized spacial score (nSPS) is 13.0. The molecular weight excluding hydrogens is 466 g/mol. The van der Waals surface area contributed by atoms with Crippen molar-refractivity contribution in [2.24, 2.45) is 0 Å². The monoisotopic (exact) mass is 489 g/mol. The summed E-state index contributed by atoms with van der Waals surface area (Å²) >= 11 is 5.26. The van der Waals surface area contributed by atoms with Gasteiger partial charge in [-0.3, -0.25) is 10.1 Å². The summed E-state index contributed by atoms with van der Waals surface area (Å²) in [6.45, 7) is 4.44. The largest absolute Gasteiger partial charge is 0.507 e. The summed E-state index contributed by atoms with van der Waals surface area (Å²) in [4.78, 5) is 17.1. The molecule has 0 unspecified atom stereocenters. The van der Waals surface area contributed by atoms with Crippen molar-refractivity contribution >= 4 is 40.0 Å². The molecule has 0 radical (unpaired) electrons. The first kappa shape index (κ1) is 22.7. The summed E-state index contributed by atoms with van der Waals surface area (Å²) in [5, 5.41) is 16.2. The zero-order chi connectivity index (χ0) is 24.5. The van der Waals surface area contributed by atoms with Gasteiger partial charge in [0.25, 0.3) is 5.91 Å². The maximum absolute atomic E-state index is 12.5. The van der Waals surface area contributed by atoms with E-state index in [0.29, 0.717) is 45.7 Å². The molecule has 4 aromatic rings. The number of carbonyl (C=O) groups is 1. The fourth-order valence-corrected chi connectivity index (χ4v) is 3.98. The van der Waals surface area contributed by atoms with E-state index >= 15 is 0 Å². The van der Waals surface area contributed by atoms with Gasteiger partial charge in [0, 0.05) is 17.3 Å². The van der Waals surface area contributed by atoms with Crippen molar-refractivity contribution in [1.29, 1.82) is 0 Å². The molecule has 8 nitrogen and oxygen atoms in total. The summed E-state index contributed by atoms with van der Waals surface area (Å²) < 4.78 is 16.4. The van der Waals surface area contributed by atoms with Crippen LogP contribution in [0.4, 0.5) is 5.69 Å². The molecule has 0 bridgehead atoms. The number of nitrogens with zero attached hydrogens (tertiary/aromatic N) is 1. The van der Waals surface area contributed by atoms with Gasteiger partial charge >= 0.3 is 0 Å². The van der Waals surface area contributed by atoms with Crippen molar-refractivity contribution in [2.45, 2.75) is 26.2 Å². The summed E-state index contributed by atoms with van der Waals surface area (Å²) in [5.74, 6) is 1.41. The Morgan fingerprint density at radius 3 is 2.74 bits per heavy atom. The first-order chi connectivity index (χ1) is 16.9. The highest BCUT2D eigenvalue weighted by Crippen LogP contribution is 2.34. The molecule has 0 aliphatic carbocycles. The van der Waals surface area contributed by atoms with Gasteiger partial charge in [-0.05, 0) is 72.6 Å². The molecule has 35 heavy (non-hydrogen) atoms. The SMILES string of the molecule is CC[C@@H](C)c1ccc2oc(-c3ccc(NC(=S)NC(=O)c4ccc5c(c4)OCO5)cc3O)nc2c1. The molecule has 9 heteroatoms. The van der Waals surface area contributed by atoms with Gasteiger partial charge in [-0.1, -0.05) is 19.9 Å². The summed E-state index contributed by atoms with van der Waals surface area (Å²) in [7, 11) is 0. The molecule has 2 heterocycles. The lowest BCUT2D eigenvalue weighted by molar-refractivity contribution is 0.0977. The number of oxazole rings is 1. The minimum Gasteiger partial charge on any atom is -0.507 e. The van der Waals surface area contributed by atoms with Crippen LogP contribution in [0.15, 0.2) is 59.0 Å². The van der Waals surface area contributed by atoms with Gasteiger partial charge in [0.05, 0.1) is 5.56 Å². The molecule has 1 atom stereocenters. The van der Waals surface area contributed by atoms with Crippen LogP contribution in [0.3, 0.4) is 0 Å². The first-order valence-corrected chi connectivity index (χ1v) is 11.6. The predicted molar refractivity (Wildman–Crippen MR) is 136 cm³/mol. The molecule has 3 aromatic carbocycles. The van der Waals surface area contributed by atoms with Crippen LogP contribution in [0.1, 0.15) is 42.1 Å². The zero-order valence-electron chi connectivity index (χ0n) is 19.1. The number of amides is 1. The fraction of sp³-hybridized carbons (Fsp3) is 0.192. The molecule has 0 saturated carbocycles. The number of phenols is 1. The summed E-state index contributed by atoms with van der Waals surface area (Å²) in [6.07, 6.45) is 1.03. The van der Waals surface area contributed by atoms with E-state index in [1.165, 1.54) is 11.6 Å². The van der Waals surface area contributed by atoms with E-state index in [1.54, 1.807) is 30.3 Å². The predicted octanol–water partition coefficient (Wildman–Crippen LogP) is 5.57. The van der Waals surface area contributed by atoms with Crippen molar-refractivity contribution in [1.82, 2.24) is 10.3 Å². The highest BCUT2D eigenvalue weighted by molar-refractivity contribution is 7.80. The number of fused-ring (bicyclic) bond motifs is 2. The number of rotatable bonds is 5. The third-order valence-corrected chi connectivity index (χ3v) is 6.14. The van der Waals surface area contributed by atoms with Crippen molar-refractivity contribution in [3.05, 3.63) is 65.7 Å². The van der Waals surface area contributed by atoms with Crippen LogP contribution in [0.25, 0.3) is 22.6 Å². The smallest absolute Gasteiger partial charge is 0.257 e. The number of thiocarbonyl (C=S) groups is 1. The number of carbonyl (C=O) groups excluding carboxylic acids is 1. The Morgan fingerprint density at radius 1 is 1.11 bits per heavy atom. The van der Waals surface area contributed by atoms with Gasteiger partial charge in [0.2, 0.25) is 12.7 Å². The van der Waals surface area contributed by atoms with Crippen LogP contribution in [-0.2, 0) is 0 Å². The molecule has 1 aromatic heterocycles. The quantitative estimate of drug-likeness (QED) is 0.313. The van der Waals surface area contributed by atoms with Crippen molar-refractivity contribution in [2.75, 3.05) is 12.1 Å². The van der Waals surface area contributed by atoms with Gasteiger partial charge in [-0.15, -0.1) is 0 Å². The summed E-state index contributed by atoms with van der Waals surface area (Å²) in [6, 6.07) is 15.7. The fourth-order valence-electron chi connectivity index (χ4n) is 3.77. The molecule has 3 N–H and O–H groups in total. The Hall–Kier alpha value is -4.11.